The number of halogens is 1. The minimum Gasteiger partial charge on any atom is -0.482 e. The lowest BCUT2D eigenvalue weighted by Gasteiger charge is -2.21. The summed E-state index contributed by atoms with van der Waals surface area (Å²) in [4.78, 5) is 11.5. The highest BCUT2D eigenvalue weighted by Crippen LogP contribution is 2.37. The van der Waals surface area contributed by atoms with Gasteiger partial charge in [-0.2, -0.15) is 0 Å². The van der Waals surface area contributed by atoms with E-state index in [2.05, 4.69) is 46.4 Å². The monoisotopic (exact) mass is 345 g/mol. The van der Waals surface area contributed by atoms with Gasteiger partial charge in [-0.05, 0) is 35.2 Å². The molecule has 0 aromatic heterocycles. The van der Waals surface area contributed by atoms with Crippen molar-refractivity contribution in [2.45, 2.75) is 18.2 Å². The Labute approximate surface area is 132 Å². The van der Waals surface area contributed by atoms with Crippen LogP contribution in [0.1, 0.15) is 28.4 Å². The zero-order valence-corrected chi connectivity index (χ0v) is 13.3. The normalized spacial score (nSPS) is 14.9. The topological polar surface area (TPSA) is 38.3 Å². The predicted molar refractivity (Wildman–Crippen MR) is 87.2 cm³/mol. The number of amides is 1. The molecular formula is C17H16BrNO2. The van der Waals surface area contributed by atoms with Crippen LogP contribution in [0.2, 0.25) is 0 Å². The minimum absolute atomic E-state index is 0.0861. The number of carbonyl (C=O) groups excluding carboxylic acids is 1. The molecule has 3 rings (SSSR count). The van der Waals surface area contributed by atoms with Crippen LogP contribution in [0.25, 0.3) is 0 Å². The summed E-state index contributed by atoms with van der Waals surface area (Å²) >= 11 is 3.78. The number of alkyl halides is 1. The van der Waals surface area contributed by atoms with Crippen molar-refractivity contribution in [3.63, 3.8) is 0 Å². The molecular weight excluding hydrogens is 330 g/mol. The summed E-state index contributed by atoms with van der Waals surface area (Å²) in [5.41, 5.74) is 4.41. The molecule has 0 radical (unpaired) electrons. The zero-order valence-electron chi connectivity index (χ0n) is 11.7. The van der Waals surface area contributed by atoms with E-state index in [1.165, 1.54) is 11.1 Å². The maximum atomic E-state index is 11.4. The first-order valence-corrected chi connectivity index (χ1v) is 7.89. The van der Waals surface area contributed by atoms with Gasteiger partial charge in [-0.3, -0.25) is 4.79 Å². The minimum atomic E-state index is -0.111. The Bertz CT molecular complexity index is 684. The third-order valence-electron chi connectivity index (χ3n) is 3.64. The molecule has 1 aliphatic heterocycles. The van der Waals surface area contributed by atoms with Crippen molar-refractivity contribution in [1.82, 2.24) is 0 Å². The summed E-state index contributed by atoms with van der Waals surface area (Å²) in [6.07, 6.45) is 0.989. The van der Waals surface area contributed by atoms with E-state index < -0.39 is 0 Å². The van der Waals surface area contributed by atoms with E-state index >= 15 is 0 Å². The van der Waals surface area contributed by atoms with E-state index in [4.69, 9.17) is 4.74 Å². The second-order valence-corrected chi connectivity index (χ2v) is 5.92. The van der Waals surface area contributed by atoms with Gasteiger partial charge >= 0.3 is 0 Å². The van der Waals surface area contributed by atoms with Gasteiger partial charge in [0.25, 0.3) is 5.91 Å². The fraction of sp³-hybridized carbons (Fsp3) is 0.235. The van der Waals surface area contributed by atoms with E-state index in [0.29, 0.717) is 0 Å². The number of anilines is 1. The number of hydrogen-bond acceptors (Lipinski definition) is 2. The van der Waals surface area contributed by atoms with Crippen molar-refractivity contribution in [3.8, 4) is 5.75 Å². The highest BCUT2D eigenvalue weighted by Gasteiger charge is 2.19. The van der Waals surface area contributed by atoms with Gasteiger partial charge in [0.1, 0.15) is 5.75 Å². The van der Waals surface area contributed by atoms with E-state index in [9.17, 15) is 4.79 Å². The zero-order chi connectivity index (χ0) is 14.8. The number of hydrogen-bond donors (Lipinski definition) is 1. The molecule has 0 saturated heterocycles. The predicted octanol–water partition coefficient (Wildman–Crippen LogP) is 4.06. The van der Waals surface area contributed by atoms with Crippen molar-refractivity contribution in [3.05, 3.63) is 59.2 Å². The van der Waals surface area contributed by atoms with E-state index in [0.717, 1.165) is 23.4 Å². The fourth-order valence-corrected chi connectivity index (χ4v) is 3.27. The van der Waals surface area contributed by atoms with Gasteiger partial charge in [-0.15, -0.1) is 0 Å². The molecule has 2 aromatic rings. The lowest BCUT2D eigenvalue weighted by atomic mass is 9.97. The Morgan fingerprint density at radius 3 is 2.90 bits per heavy atom. The Balaban J connectivity index is 1.96. The average molecular weight is 346 g/mol. The number of fused-ring (bicyclic) bond motifs is 1. The van der Waals surface area contributed by atoms with Crippen LogP contribution in [0.15, 0.2) is 42.5 Å². The van der Waals surface area contributed by atoms with E-state index in [1.54, 1.807) is 0 Å². The van der Waals surface area contributed by atoms with Crippen molar-refractivity contribution >= 4 is 27.5 Å². The summed E-state index contributed by atoms with van der Waals surface area (Å²) < 4.78 is 5.39. The number of carbonyl (C=O) groups is 1. The molecule has 0 aliphatic carbocycles. The summed E-state index contributed by atoms with van der Waals surface area (Å²) in [5, 5.41) is 2.85. The first-order chi connectivity index (χ1) is 10.2. The molecule has 0 saturated carbocycles. The van der Waals surface area contributed by atoms with Gasteiger partial charge in [0, 0.05) is 0 Å². The summed E-state index contributed by atoms with van der Waals surface area (Å²) in [5.74, 6) is 0.613. The second kappa shape index (κ2) is 5.90. The summed E-state index contributed by atoms with van der Waals surface area (Å²) in [7, 11) is 0. The molecule has 4 heteroatoms. The maximum Gasteiger partial charge on any atom is 0.262 e. The van der Waals surface area contributed by atoms with Gasteiger partial charge < -0.3 is 10.1 Å². The molecule has 0 spiro atoms. The average Bonchev–Trinajstić information content (AvgIpc) is 2.53. The number of nitrogens with one attached hydrogen (secondary N) is 1. The van der Waals surface area contributed by atoms with Crippen molar-refractivity contribution in [2.24, 2.45) is 0 Å². The molecule has 3 nitrogen and oxygen atoms in total. The van der Waals surface area contributed by atoms with Crippen molar-refractivity contribution < 1.29 is 9.53 Å². The Morgan fingerprint density at radius 1 is 1.29 bits per heavy atom. The van der Waals surface area contributed by atoms with E-state index in [-0.39, 0.29) is 17.3 Å². The van der Waals surface area contributed by atoms with Crippen molar-refractivity contribution in [1.29, 1.82) is 0 Å². The standard InChI is InChI=1S/C17H16BrNO2/c1-2-11-5-3-4-6-13(11)17(18)12-7-8-15-14(9-12)19-16(20)10-21-15/h3-9,17H,2,10H2,1H3,(H,19,20). The first-order valence-electron chi connectivity index (χ1n) is 6.97. The first kappa shape index (κ1) is 14.1. The van der Waals surface area contributed by atoms with Gasteiger partial charge in [0.15, 0.2) is 6.61 Å². The molecule has 1 amide bonds. The van der Waals surface area contributed by atoms with Crippen LogP contribution in [0.3, 0.4) is 0 Å². The number of aryl methyl sites for hydroxylation is 1. The van der Waals surface area contributed by atoms with Gasteiger partial charge in [-0.1, -0.05) is 53.2 Å². The second-order valence-electron chi connectivity index (χ2n) is 5.01. The van der Waals surface area contributed by atoms with E-state index in [1.807, 2.05) is 24.3 Å². The van der Waals surface area contributed by atoms with Crippen LogP contribution in [0.5, 0.6) is 5.75 Å². The molecule has 1 aliphatic rings. The number of ether oxygens (including phenoxy) is 1. The molecule has 0 bridgehead atoms. The van der Waals surface area contributed by atoms with Crippen LogP contribution in [0, 0.1) is 0 Å². The highest BCUT2D eigenvalue weighted by molar-refractivity contribution is 9.09. The Morgan fingerprint density at radius 2 is 2.10 bits per heavy atom. The lowest BCUT2D eigenvalue weighted by molar-refractivity contribution is -0.118. The highest BCUT2D eigenvalue weighted by atomic mass is 79.9. The maximum absolute atomic E-state index is 11.4. The van der Waals surface area contributed by atoms with Crippen molar-refractivity contribution in [2.75, 3.05) is 11.9 Å². The number of benzene rings is 2. The summed E-state index contributed by atoms with van der Waals surface area (Å²) in [6.45, 7) is 2.24. The Kier molecular flexibility index (Phi) is 3.97. The van der Waals surface area contributed by atoms with Crippen LogP contribution < -0.4 is 10.1 Å². The van der Waals surface area contributed by atoms with Gasteiger partial charge in [-0.25, -0.2) is 0 Å². The Hall–Kier alpha value is -1.81. The van der Waals surface area contributed by atoms with Crippen LogP contribution in [-0.2, 0) is 11.2 Å². The molecule has 21 heavy (non-hydrogen) atoms. The molecule has 1 atom stereocenters. The SMILES string of the molecule is CCc1ccccc1C(Br)c1ccc2c(c1)NC(=O)CO2. The van der Waals surface area contributed by atoms with Crippen LogP contribution in [0.4, 0.5) is 5.69 Å². The largest absolute Gasteiger partial charge is 0.482 e. The quantitative estimate of drug-likeness (QED) is 0.851. The molecule has 1 unspecified atom stereocenters. The van der Waals surface area contributed by atoms with Gasteiger partial charge in [0.05, 0.1) is 10.5 Å². The molecule has 0 fully saturated rings. The molecule has 1 heterocycles. The number of rotatable bonds is 3. The third-order valence-corrected chi connectivity index (χ3v) is 4.66. The third kappa shape index (κ3) is 2.81. The van der Waals surface area contributed by atoms with Crippen LogP contribution >= 0.6 is 15.9 Å². The fourth-order valence-electron chi connectivity index (χ4n) is 2.54. The smallest absolute Gasteiger partial charge is 0.262 e. The lowest BCUT2D eigenvalue weighted by Crippen LogP contribution is -2.25. The molecule has 2 aromatic carbocycles. The summed E-state index contributed by atoms with van der Waals surface area (Å²) in [6, 6.07) is 14.3. The van der Waals surface area contributed by atoms with Crippen LogP contribution in [-0.4, -0.2) is 12.5 Å². The molecule has 1 N–H and O–H groups in total. The molecule has 108 valence electrons. The van der Waals surface area contributed by atoms with Gasteiger partial charge in [0.2, 0.25) is 0 Å².